The molecular weight excluding hydrogens is 436 g/mol. The summed E-state index contributed by atoms with van der Waals surface area (Å²) in [4.78, 5) is 0. The summed E-state index contributed by atoms with van der Waals surface area (Å²) >= 11 is 0. The van der Waals surface area contributed by atoms with Crippen molar-refractivity contribution >= 4 is 14.0 Å². The molecular formula is C34H26Si. The standard InChI is InChI=1S/C34H26Si/c1-22-14-16-29-26(18-22)20-24-8-6-12-31(33(24)29)35(28-10-4-3-5-11-28)32-13-7-9-25-21-27-19-23(2)15-17-30(27)34(25)32/h3-19,33-35H,1-2H3. The molecule has 0 N–H and O–H groups in total. The van der Waals surface area contributed by atoms with Gasteiger partial charge in [-0.15, -0.1) is 0 Å². The number of hydrogen-bond acceptors (Lipinski definition) is 0. The third-order valence-electron chi connectivity index (χ3n) is 7.81. The third-order valence-corrected chi connectivity index (χ3v) is 11.3. The van der Waals surface area contributed by atoms with Crippen LogP contribution in [0.5, 0.6) is 0 Å². The number of allylic oxidation sites excluding steroid dienone is 10. The highest BCUT2D eigenvalue weighted by atomic mass is 28.3. The second-order valence-electron chi connectivity index (χ2n) is 10.1. The second-order valence-corrected chi connectivity index (χ2v) is 13.0. The van der Waals surface area contributed by atoms with E-state index < -0.39 is 8.80 Å². The number of benzene rings is 3. The Hall–Kier alpha value is -3.68. The predicted molar refractivity (Wildman–Crippen MR) is 147 cm³/mol. The van der Waals surface area contributed by atoms with Gasteiger partial charge in [0.05, 0.1) is 0 Å². The van der Waals surface area contributed by atoms with Crippen molar-refractivity contribution in [1.82, 2.24) is 0 Å². The molecule has 0 heterocycles. The molecule has 4 aliphatic carbocycles. The van der Waals surface area contributed by atoms with Crippen LogP contribution in [0.1, 0.15) is 45.2 Å². The zero-order chi connectivity index (χ0) is 23.5. The maximum Gasteiger partial charge on any atom is 0.126 e. The fourth-order valence-corrected chi connectivity index (χ4v) is 10.1. The van der Waals surface area contributed by atoms with Gasteiger partial charge in [0.2, 0.25) is 0 Å². The lowest BCUT2D eigenvalue weighted by atomic mass is 9.91. The molecule has 3 aromatic carbocycles. The molecule has 1 heteroatoms. The highest BCUT2D eigenvalue weighted by Crippen LogP contribution is 2.49. The second kappa shape index (κ2) is 7.93. The Balaban J connectivity index is 1.41. The smallest absolute Gasteiger partial charge is 0.0655 e. The summed E-state index contributed by atoms with van der Waals surface area (Å²) in [6, 6.07) is 25.0. The summed E-state index contributed by atoms with van der Waals surface area (Å²) in [6.45, 7) is 4.34. The third kappa shape index (κ3) is 3.26. The minimum absolute atomic E-state index is 0.301. The van der Waals surface area contributed by atoms with E-state index >= 15 is 0 Å². The summed E-state index contributed by atoms with van der Waals surface area (Å²) < 4.78 is 0. The molecule has 0 bridgehead atoms. The topological polar surface area (TPSA) is 0 Å². The fraction of sp³-hybridized carbons (Fsp3) is 0.118. The molecule has 35 heavy (non-hydrogen) atoms. The van der Waals surface area contributed by atoms with Crippen LogP contribution >= 0.6 is 0 Å². The molecule has 0 amide bonds. The van der Waals surface area contributed by atoms with Gasteiger partial charge in [-0.3, -0.25) is 0 Å². The van der Waals surface area contributed by atoms with E-state index in [1.807, 2.05) is 0 Å². The molecule has 2 unspecified atom stereocenters. The first-order valence-corrected chi connectivity index (χ1v) is 14.2. The van der Waals surface area contributed by atoms with E-state index in [4.69, 9.17) is 0 Å². The Labute approximate surface area is 209 Å². The minimum atomic E-state index is -1.75. The Bertz CT molecular complexity index is 1460. The first-order chi connectivity index (χ1) is 17.2. The molecule has 4 aliphatic rings. The van der Waals surface area contributed by atoms with Crippen molar-refractivity contribution in [3.05, 3.63) is 170 Å². The van der Waals surface area contributed by atoms with Crippen molar-refractivity contribution in [2.45, 2.75) is 25.7 Å². The fourth-order valence-electron chi connectivity index (χ4n) is 6.31. The van der Waals surface area contributed by atoms with E-state index in [0.717, 1.165) is 0 Å². The maximum atomic E-state index is 3.74. The molecule has 0 aliphatic heterocycles. The molecule has 7 rings (SSSR count). The van der Waals surface area contributed by atoms with Gasteiger partial charge in [0, 0.05) is 11.8 Å². The van der Waals surface area contributed by atoms with Crippen LogP contribution in [-0.4, -0.2) is 8.80 Å². The summed E-state index contributed by atoms with van der Waals surface area (Å²) in [7, 11) is -1.75. The first-order valence-electron chi connectivity index (χ1n) is 12.5. The summed E-state index contributed by atoms with van der Waals surface area (Å²) in [5.74, 6) is 0.601. The molecule has 0 aromatic heterocycles. The molecule has 0 nitrogen and oxygen atoms in total. The van der Waals surface area contributed by atoms with E-state index in [0.29, 0.717) is 11.8 Å². The molecule has 0 saturated heterocycles. The van der Waals surface area contributed by atoms with Crippen LogP contribution in [0.25, 0.3) is 0 Å². The van der Waals surface area contributed by atoms with Crippen LogP contribution in [0.4, 0.5) is 0 Å². The van der Waals surface area contributed by atoms with E-state index in [9.17, 15) is 0 Å². The molecule has 3 aromatic rings. The van der Waals surface area contributed by atoms with Gasteiger partial charge in [0.25, 0.3) is 0 Å². The van der Waals surface area contributed by atoms with Crippen molar-refractivity contribution in [3.63, 3.8) is 0 Å². The predicted octanol–water partition coefficient (Wildman–Crippen LogP) is 6.56. The molecule has 166 valence electrons. The van der Waals surface area contributed by atoms with E-state index in [1.165, 1.54) is 49.7 Å². The van der Waals surface area contributed by atoms with Crippen molar-refractivity contribution in [2.75, 3.05) is 0 Å². The van der Waals surface area contributed by atoms with Crippen LogP contribution in [0.3, 0.4) is 0 Å². The molecule has 0 fully saturated rings. The van der Waals surface area contributed by atoms with Gasteiger partial charge in [0.15, 0.2) is 0 Å². The SMILES string of the molecule is Cc1ccc2c(c1)[C]=C1C=CC=C([SiH](C3=CC=CC4=[C]c5cc(C)ccc5C43)c3ccccc3)C12. The Morgan fingerprint density at radius 1 is 0.629 bits per heavy atom. The zero-order valence-corrected chi connectivity index (χ0v) is 21.2. The number of aryl methyl sites for hydroxylation is 2. The molecule has 2 radical (unpaired) electrons. The van der Waals surface area contributed by atoms with E-state index in [1.54, 1.807) is 10.4 Å². The van der Waals surface area contributed by atoms with Crippen molar-refractivity contribution < 1.29 is 0 Å². The van der Waals surface area contributed by atoms with Gasteiger partial charge < -0.3 is 0 Å². The maximum absolute atomic E-state index is 3.74. The van der Waals surface area contributed by atoms with Crippen LogP contribution in [0.2, 0.25) is 0 Å². The van der Waals surface area contributed by atoms with Crippen LogP contribution in [0, 0.1) is 26.0 Å². The molecule has 0 saturated carbocycles. The largest absolute Gasteiger partial charge is 0.126 e. The summed E-state index contributed by atoms with van der Waals surface area (Å²) in [6.07, 6.45) is 21.4. The monoisotopic (exact) mass is 462 g/mol. The van der Waals surface area contributed by atoms with Crippen molar-refractivity contribution in [3.8, 4) is 0 Å². The summed E-state index contributed by atoms with van der Waals surface area (Å²) in [5.41, 5.74) is 10.6. The first kappa shape index (κ1) is 20.7. The highest BCUT2D eigenvalue weighted by Gasteiger charge is 2.40. The van der Waals surface area contributed by atoms with E-state index in [2.05, 4.69) is 129 Å². The van der Waals surface area contributed by atoms with Gasteiger partial charge in [-0.05, 0) is 59.4 Å². The van der Waals surface area contributed by atoms with Gasteiger partial charge in [-0.2, -0.15) is 0 Å². The molecule has 0 spiro atoms. The Morgan fingerprint density at radius 2 is 1.14 bits per heavy atom. The van der Waals surface area contributed by atoms with Gasteiger partial charge >= 0.3 is 0 Å². The van der Waals surface area contributed by atoms with Crippen LogP contribution < -0.4 is 5.19 Å². The lowest BCUT2D eigenvalue weighted by Crippen LogP contribution is -2.40. The Morgan fingerprint density at radius 3 is 1.66 bits per heavy atom. The van der Waals surface area contributed by atoms with Crippen LogP contribution in [-0.2, 0) is 0 Å². The van der Waals surface area contributed by atoms with Crippen LogP contribution in [0.15, 0.2) is 125 Å². The number of rotatable bonds is 3. The minimum Gasteiger partial charge on any atom is -0.0655 e. The van der Waals surface area contributed by atoms with Gasteiger partial charge in [0.1, 0.15) is 8.80 Å². The lowest BCUT2D eigenvalue weighted by Gasteiger charge is -2.34. The normalized spacial score (nSPS) is 21.8. The zero-order valence-electron chi connectivity index (χ0n) is 20.0. The number of hydrogen-bond donors (Lipinski definition) is 0. The Kier molecular flexibility index (Phi) is 4.68. The average molecular weight is 463 g/mol. The van der Waals surface area contributed by atoms with Gasteiger partial charge in [-0.25, -0.2) is 0 Å². The highest BCUT2D eigenvalue weighted by molar-refractivity contribution is 6.86. The number of fused-ring (bicyclic) bond motifs is 6. The quantitative estimate of drug-likeness (QED) is 0.387. The lowest BCUT2D eigenvalue weighted by molar-refractivity contribution is 0.988. The van der Waals surface area contributed by atoms with E-state index in [-0.39, 0.29) is 0 Å². The summed E-state index contributed by atoms with van der Waals surface area (Å²) in [5, 5.41) is 4.63. The molecule has 2 atom stereocenters. The van der Waals surface area contributed by atoms with Gasteiger partial charge in [-0.1, -0.05) is 130 Å². The average Bonchev–Trinajstić information content (AvgIpc) is 3.42. The van der Waals surface area contributed by atoms with Crippen molar-refractivity contribution in [2.24, 2.45) is 0 Å². The van der Waals surface area contributed by atoms with Crippen molar-refractivity contribution in [1.29, 1.82) is 0 Å².